The van der Waals surface area contributed by atoms with Crippen molar-refractivity contribution in [3.63, 3.8) is 0 Å². The van der Waals surface area contributed by atoms with Gasteiger partial charge in [-0.1, -0.05) is 19.4 Å². The van der Waals surface area contributed by atoms with E-state index in [1.807, 2.05) is 6.92 Å². The van der Waals surface area contributed by atoms with E-state index >= 15 is 0 Å². The van der Waals surface area contributed by atoms with Gasteiger partial charge in [-0.15, -0.1) is 6.58 Å². The van der Waals surface area contributed by atoms with E-state index in [2.05, 4.69) is 6.58 Å². The van der Waals surface area contributed by atoms with E-state index < -0.39 is 10.0 Å². The molecule has 0 fully saturated rings. The molecule has 11 heavy (non-hydrogen) atoms. The van der Waals surface area contributed by atoms with Crippen LogP contribution in [0.15, 0.2) is 12.7 Å². The molecule has 0 aromatic carbocycles. The monoisotopic (exact) mass is 177 g/mol. The molecular formula is C7H15NO2S. The van der Waals surface area contributed by atoms with Gasteiger partial charge in [-0.05, 0) is 12.3 Å². The number of rotatable bonds is 5. The first-order valence-corrected chi connectivity index (χ1v) is 5.32. The molecule has 0 aliphatic rings. The molecule has 0 saturated carbocycles. The normalized spacial score (nSPS) is 14.4. The zero-order valence-corrected chi connectivity index (χ0v) is 7.60. The van der Waals surface area contributed by atoms with Crippen LogP contribution >= 0.6 is 0 Å². The Hall–Kier alpha value is -0.350. The highest BCUT2D eigenvalue weighted by atomic mass is 32.2. The first-order chi connectivity index (χ1) is 4.99. The lowest BCUT2D eigenvalue weighted by Crippen LogP contribution is -2.22. The second-order valence-electron chi connectivity index (χ2n) is 2.63. The van der Waals surface area contributed by atoms with Crippen LogP contribution in [-0.2, 0) is 10.0 Å². The summed E-state index contributed by atoms with van der Waals surface area (Å²) in [7, 11) is -3.31. The number of sulfonamides is 1. The van der Waals surface area contributed by atoms with Crippen molar-refractivity contribution in [3.8, 4) is 0 Å². The van der Waals surface area contributed by atoms with Crippen LogP contribution in [-0.4, -0.2) is 14.2 Å². The lowest BCUT2D eigenvalue weighted by Gasteiger charge is -2.09. The molecule has 0 aliphatic carbocycles. The van der Waals surface area contributed by atoms with Crippen LogP contribution < -0.4 is 5.14 Å². The van der Waals surface area contributed by atoms with Crippen molar-refractivity contribution in [1.82, 2.24) is 0 Å². The third-order valence-corrected chi connectivity index (χ3v) is 2.48. The molecule has 0 unspecified atom stereocenters. The van der Waals surface area contributed by atoms with Crippen LogP contribution in [0, 0.1) is 5.92 Å². The van der Waals surface area contributed by atoms with Crippen molar-refractivity contribution in [1.29, 1.82) is 0 Å². The van der Waals surface area contributed by atoms with Crippen molar-refractivity contribution in [2.24, 2.45) is 11.1 Å². The van der Waals surface area contributed by atoms with E-state index in [0.29, 0.717) is 6.42 Å². The standard InChI is InChI=1S/C7H15NO2S/c1-3-5-7(4-2)6-11(8,9)10/h3,7H,1,4-6H2,2H3,(H2,8,9,10)/t7-/m0/s1. The Morgan fingerprint density at radius 2 is 2.18 bits per heavy atom. The molecule has 0 amide bonds. The molecule has 3 nitrogen and oxygen atoms in total. The van der Waals surface area contributed by atoms with Crippen LogP contribution in [0.1, 0.15) is 19.8 Å². The average Bonchev–Trinajstić information content (AvgIpc) is 1.84. The van der Waals surface area contributed by atoms with Gasteiger partial charge >= 0.3 is 0 Å². The van der Waals surface area contributed by atoms with E-state index in [1.54, 1.807) is 6.08 Å². The third kappa shape index (κ3) is 6.06. The van der Waals surface area contributed by atoms with Crippen molar-refractivity contribution < 1.29 is 8.42 Å². The molecule has 0 bridgehead atoms. The second-order valence-corrected chi connectivity index (χ2v) is 4.29. The maximum absolute atomic E-state index is 10.6. The van der Waals surface area contributed by atoms with E-state index in [1.165, 1.54) is 0 Å². The molecule has 0 rings (SSSR count). The Balaban J connectivity index is 3.98. The Morgan fingerprint density at radius 3 is 2.45 bits per heavy atom. The minimum absolute atomic E-state index is 0.0650. The third-order valence-electron chi connectivity index (χ3n) is 1.55. The van der Waals surface area contributed by atoms with E-state index in [9.17, 15) is 8.42 Å². The predicted octanol–water partition coefficient (Wildman–Crippen LogP) is 0.877. The second kappa shape index (κ2) is 4.51. The van der Waals surface area contributed by atoms with Crippen LogP contribution in [0.4, 0.5) is 0 Å². The Bertz CT molecular complexity index is 208. The van der Waals surface area contributed by atoms with Crippen molar-refractivity contribution in [2.75, 3.05) is 5.75 Å². The number of primary sulfonamides is 1. The topological polar surface area (TPSA) is 60.2 Å². The number of allylic oxidation sites excluding steroid dienone is 1. The van der Waals surface area contributed by atoms with E-state index in [4.69, 9.17) is 5.14 Å². The fourth-order valence-corrected chi connectivity index (χ4v) is 1.95. The summed E-state index contributed by atoms with van der Waals surface area (Å²) >= 11 is 0. The Kier molecular flexibility index (Phi) is 4.37. The van der Waals surface area contributed by atoms with Crippen LogP contribution in [0.5, 0.6) is 0 Å². The Labute approximate surface area is 68.3 Å². The fourth-order valence-electron chi connectivity index (χ4n) is 0.917. The fraction of sp³-hybridized carbons (Fsp3) is 0.714. The van der Waals surface area contributed by atoms with Gasteiger partial charge in [0.25, 0.3) is 0 Å². The quantitative estimate of drug-likeness (QED) is 0.634. The molecule has 0 saturated heterocycles. The molecule has 0 spiro atoms. The molecule has 66 valence electrons. The average molecular weight is 177 g/mol. The lowest BCUT2D eigenvalue weighted by molar-refractivity contribution is 0.542. The molecule has 0 heterocycles. The van der Waals surface area contributed by atoms with Gasteiger partial charge in [0, 0.05) is 0 Å². The van der Waals surface area contributed by atoms with Crippen molar-refractivity contribution >= 4 is 10.0 Å². The Morgan fingerprint density at radius 1 is 1.64 bits per heavy atom. The summed E-state index contributed by atoms with van der Waals surface area (Å²) in [5.74, 6) is 0.192. The lowest BCUT2D eigenvalue weighted by atomic mass is 10.1. The van der Waals surface area contributed by atoms with E-state index in [-0.39, 0.29) is 11.7 Å². The molecule has 1 atom stereocenters. The minimum Gasteiger partial charge on any atom is -0.229 e. The minimum atomic E-state index is -3.31. The number of nitrogens with two attached hydrogens (primary N) is 1. The first-order valence-electron chi connectivity index (χ1n) is 3.61. The zero-order chi connectivity index (χ0) is 8.91. The molecule has 0 aromatic heterocycles. The van der Waals surface area contributed by atoms with Gasteiger partial charge in [0.1, 0.15) is 0 Å². The van der Waals surface area contributed by atoms with Crippen molar-refractivity contribution in [3.05, 3.63) is 12.7 Å². The highest BCUT2D eigenvalue weighted by Gasteiger charge is 2.11. The van der Waals surface area contributed by atoms with Gasteiger partial charge in [-0.3, -0.25) is 0 Å². The van der Waals surface area contributed by atoms with E-state index in [0.717, 1.165) is 6.42 Å². The highest BCUT2D eigenvalue weighted by Crippen LogP contribution is 2.09. The van der Waals surface area contributed by atoms with Crippen LogP contribution in [0.25, 0.3) is 0 Å². The van der Waals surface area contributed by atoms with Gasteiger partial charge < -0.3 is 0 Å². The molecule has 0 aromatic rings. The maximum atomic E-state index is 10.6. The highest BCUT2D eigenvalue weighted by molar-refractivity contribution is 7.89. The summed E-state index contributed by atoms with van der Waals surface area (Å²) in [6.07, 6.45) is 3.26. The summed E-state index contributed by atoms with van der Waals surface area (Å²) in [4.78, 5) is 0. The largest absolute Gasteiger partial charge is 0.229 e. The number of hydrogen-bond donors (Lipinski definition) is 1. The smallest absolute Gasteiger partial charge is 0.209 e. The molecule has 2 N–H and O–H groups in total. The van der Waals surface area contributed by atoms with Gasteiger partial charge in [0.2, 0.25) is 10.0 Å². The molecule has 0 aliphatic heterocycles. The summed E-state index contributed by atoms with van der Waals surface area (Å²) in [5.41, 5.74) is 0. The maximum Gasteiger partial charge on any atom is 0.209 e. The summed E-state index contributed by atoms with van der Waals surface area (Å²) < 4.78 is 21.2. The van der Waals surface area contributed by atoms with Crippen LogP contribution in [0.2, 0.25) is 0 Å². The van der Waals surface area contributed by atoms with Gasteiger partial charge in [-0.2, -0.15) is 0 Å². The van der Waals surface area contributed by atoms with Crippen molar-refractivity contribution in [2.45, 2.75) is 19.8 Å². The predicted molar refractivity (Wildman–Crippen MR) is 46.6 cm³/mol. The summed E-state index contributed by atoms with van der Waals surface area (Å²) in [6.45, 7) is 5.49. The summed E-state index contributed by atoms with van der Waals surface area (Å²) in [5, 5.41) is 4.88. The summed E-state index contributed by atoms with van der Waals surface area (Å²) in [6, 6.07) is 0. The zero-order valence-electron chi connectivity index (χ0n) is 6.79. The van der Waals surface area contributed by atoms with Gasteiger partial charge in [0.15, 0.2) is 0 Å². The first kappa shape index (κ1) is 10.7. The van der Waals surface area contributed by atoms with Gasteiger partial charge in [0.05, 0.1) is 5.75 Å². The SMILES string of the molecule is C=CC[C@H](CC)CS(N)(=O)=O. The molecule has 0 radical (unpaired) electrons. The molecular weight excluding hydrogens is 162 g/mol. The number of hydrogen-bond acceptors (Lipinski definition) is 2. The molecule has 4 heteroatoms. The van der Waals surface area contributed by atoms with Gasteiger partial charge in [-0.25, -0.2) is 13.6 Å². The van der Waals surface area contributed by atoms with Crippen LogP contribution in [0.3, 0.4) is 0 Å².